The maximum absolute atomic E-state index is 13.2. The van der Waals surface area contributed by atoms with Crippen LogP contribution in [0.3, 0.4) is 0 Å². The molecular formula is C22H32N2O4S2. The van der Waals surface area contributed by atoms with Crippen molar-refractivity contribution in [1.82, 2.24) is 9.44 Å². The van der Waals surface area contributed by atoms with Gasteiger partial charge in [0.15, 0.2) is 0 Å². The van der Waals surface area contributed by atoms with E-state index in [1.54, 1.807) is 38.1 Å². The lowest BCUT2D eigenvalue weighted by atomic mass is 9.95. The molecule has 0 bridgehead atoms. The van der Waals surface area contributed by atoms with E-state index in [0.29, 0.717) is 16.0 Å². The van der Waals surface area contributed by atoms with Crippen LogP contribution < -0.4 is 9.44 Å². The van der Waals surface area contributed by atoms with Gasteiger partial charge in [-0.05, 0) is 87.4 Å². The minimum absolute atomic E-state index is 0.0144. The highest BCUT2D eigenvalue weighted by molar-refractivity contribution is 7.89. The summed E-state index contributed by atoms with van der Waals surface area (Å²) in [5.74, 6) is -0.204. The van der Waals surface area contributed by atoms with E-state index in [1.165, 1.54) is 0 Å². The molecule has 0 atom stereocenters. The fraction of sp³-hybridized carbons (Fsp3) is 0.455. The summed E-state index contributed by atoms with van der Waals surface area (Å²) in [5.41, 5.74) is 5.69. The highest BCUT2D eigenvalue weighted by Gasteiger charge is 2.24. The van der Waals surface area contributed by atoms with E-state index >= 15 is 0 Å². The monoisotopic (exact) mass is 452 g/mol. The van der Waals surface area contributed by atoms with Gasteiger partial charge in [-0.25, -0.2) is 26.3 Å². The van der Waals surface area contributed by atoms with Crippen LogP contribution in [0.1, 0.15) is 52.8 Å². The summed E-state index contributed by atoms with van der Waals surface area (Å²) in [6.45, 7) is 13.0. The summed E-state index contributed by atoms with van der Waals surface area (Å²) in [6, 6.07) is 6.76. The van der Waals surface area contributed by atoms with Crippen LogP contribution >= 0.6 is 0 Å². The first-order chi connectivity index (χ1) is 13.8. The minimum atomic E-state index is -3.78. The molecule has 2 aromatic rings. The average molecular weight is 453 g/mol. The number of hydrogen-bond donors (Lipinski definition) is 2. The Morgan fingerprint density at radius 1 is 0.767 bits per heavy atom. The van der Waals surface area contributed by atoms with Gasteiger partial charge in [0, 0.05) is 12.6 Å². The Labute approximate surface area is 181 Å². The number of rotatable bonds is 8. The Kier molecular flexibility index (Phi) is 7.50. The van der Waals surface area contributed by atoms with Crippen LogP contribution in [-0.2, 0) is 32.3 Å². The molecule has 2 rings (SSSR count). The molecule has 0 radical (unpaired) electrons. The molecule has 0 aliphatic rings. The molecule has 0 saturated heterocycles. The second-order valence-electron chi connectivity index (χ2n) is 8.08. The fourth-order valence-corrected chi connectivity index (χ4v) is 6.68. The van der Waals surface area contributed by atoms with Gasteiger partial charge in [-0.3, -0.25) is 0 Å². The summed E-state index contributed by atoms with van der Waals surface area (Å²) >= 11 is 0. The molecule has 166 valence electrons. The molecule has 2 N–H and O–H groups in total. The normalized spacial score (nSPS) is 12.5. The molecule has 0 saturated carbocycles. The zero-order valence-electron chi connectivity index (χ0n) is 18.8. The van der Waals surface area contributed by atoms with Crippen molar-refractivity contribution in [1.29, 1.82) is 0 Å². The van der Waals surface area contributed by atoms with Gasteiger partial charge < -0.3 is 0 Å². The van der Waals surface area contributed by atoms with Crippen molar-refractivity contribution in [3.05, 3.63) is 63.2 Å². The first-order valence-corrected chi connectivity index (χ1v) is 13.0. The van der Waals surface area contributed by atoms with Gasteiger partial charge in [-0.15, -0.1) is 0 Å². The summed E-state index contributed by atoms with van der Waals surface area (Å²) < 4.78 is 56.2. The molecule has 0 unspecified atom stereocenters. The van der Waals surface area contributed by atoms with Crippen molar-refractivity contribution in [2.75, 3.05) is 0 Å². The third-order valence-corrected chi connectivity index (χ3v) is 8.73. The van der Waals surface area contributed by atoms with Gasteiger partial charge in [0.1, 0.15) is 0 Å². The fourth-order valence-electron chi connectivity index (χ4n) is 3.59. The van der Waals surface area contributed by atoms with Crippen molar-refractivity contribution < 1.29 is 16.8 Å². The van der Waals surface area contributed by atoms with Crippen LogP contribution in [0.4, 0.5) is 0 Å². The van der Waals surface area contributed by atoms with Crippen LogP contribution in [-0.4, -0.2) is 22.9 Å². The molecule has 6 nitrogen and oxygen atoms in total. The zero-order valence-corrected chi connectivity index (χ0v) is 20.4. The van der Waals surface area contributed by atoms with Crippen LogP contribution in [0.2, 0.25) is 0 Å². The molecule has 0 aliphatic carbocycles. The van der Waals surface area contributed by atoms with Gasteiger partial charge in [0.25, 0.3) is 0 Å². The highest BCUT2D eigenvalue weighted by Crippen LogP contribution is 2.29. The highest BCUT2D eigenvalue weighted by atomic mass is 32.2. The minimum Gasteiger partial charge on any atom is -0.212 e. The van der Waals surface area contributed by atoms with Crippen molar-refractivity contribution >= 4 is 20.0 Å². The van der Waals surface area contributed by atoms with E-state index in [0.717, 1.165) is 27.8 Å². The van der Waals surface area contributed by atoms with Gasteiger partial charge in [-0.1, -0.05) is 24.3 Å². The third-order valence-electron chi connectivity index (χ3n) is 5.53. The average Bonchev–Trinajstić information content (AvgIpc) is 2.62. The molecule has 0 aromatic heterocycles. The van der Waals surface area contributed by atoms with Gasteiger partial charge in [0.05, 0.1) is 10.6 Å². The smallest absolute Gasteiger partial charge is 0.212 e. The molecule has 8 heteroatoms. The van der Waals surface area contributed by atoms with Crippen molar-refractivity contribution in [3.8, 4) is 0 Å². The summed E-state index contributed by atoms with van der Waals surface area (Å²) in [5, 5.41) is 0. The van der Waals surface area contributed by atoms with E-state index in [4.69, 9.17) is 0 Å². The van der Waals surface area contributed by atoms with Crippen molar-refractivity contribution in [2.24, 2.45) is 0 Å². The SMILES string of the molecule is Cc1c(C)c(C)c(S(=O)(=O)NCc2ccccc2CS(=O)(=O)NC(C)C)c(C)c1C. The quantitative estimate of drug-likeness (QED) is 0.641. The number of sulfonamides is 2. The predicted molar refractivity (Wildman–Crippen MR) is 121 cm³/mol. The van der Waals surface area contributed by atoms with Gasteiger partial charge in [0.2, 0.25) is 20.0 Å². The van der Waals surface area contributed by atoms with E-state index < -0.39 is 20.0 Å². The number of nitrogens with one attached hydrogen (secondary N) is 2. The van der Waals surface area contributed by atoms with Crippen LogP contribution in [0.5, 0.6) is 0 Å². The maximum atomic E-state index is 13.2. The Morgan fingerprint density at radius 2 is 1.23 bits per heavy atom. The maximum Gasteiger partial charge on any atom is 0.241 e. The summed E-state index contributed by atoms with van der Waals surface area (Å²) in [7, 11) is -7.30. The number of hydrogen-bond acceptors (Lipinski definition) is 4. The van der Waals surface area contributed by atoms with E-state index in [-0.39, 0.29) is 18.3 Å². The van der Waals surface area contributed by atoms with Crippen LogP contribution in [0.15, 0.2) is 29.2 Å². The molecule has 2 aromatic carbocycles. The zero-order chi connectivity index (χ0) is 22.9. The Morgan fingerprint density at radius 3 is 1.73 bits per heavy atom. The molecule has 30 heavy (non-hydrogen) atoms. The van der Waals surface area contributed by atoms with E-state index in [2.05, 4.69) is 9.44 Å². The molecule has 0 spiro atoms. The largest absolute Gasteiger partial charge is 0.241 e. The number of benzene rings is 2. The predicted octanol–water partition coefficient (Wildman–Crippen LogP) is 3.54. The van der Waals surface area contributed by atoms with Gasteiger partial charge in [-0.2, -0.15) is 0 Å². The molecule has 0 heterocycles. The lowest BCUT2D eigenvalue weighted by Gasteiger charge is -2.19. The first kappa shape index (κ1) is 24.5. The second-order valence-corrected chi connectivity index (χ2v) is 11.5. The second kappa shape index (κ2) is 9.18. The van der Waals surface area contributed by atoms with Crippen LogP contribution in [0.25, 0.3) is 0 Å². The van der Waals surface area contributed by atoms with Crippen molar-refractivity contribution in [2.45, 2.75) is 71.7 Å². The van der Waals surface area contributed by atoms with Crippen molar-refractivity contribution in [3.63, 3.8) is 0 Å². The van der Waals surface area contributed by atoms with E-state index in [9.17, 15) is 16.8 Å². The lowest BCUT2D eigenvalue weighted by molar-refractivity contribution is 0.568. The topological polar surface area (TPSA) is 92.3 Å². The standard InChI is InChI=1S/C22H32N2O4S2/c1-14(2)24-29(25,26)13-21-11-9-8-10-20(21)12-23-30(27,28)22-18(6)16(4)15(3)17(5)19(22)7/h8-11,14,23-24H,12-13H2,1-7H3. The van der Waals surface area contributed by atoms with Crippen LogP contribution in [0, 0.1) is 34.6 Å². The summed E-state index contributed by atoms with van der Waals surface area (Å²) in [4.78, 5) is 0.301. The molecule has 0 amide bonds. The lowest BCUT2D eigenvalue weighted by Crippen LogP contribution is -2.32. The third kappa shape index (κ3) is 5.49. The summed E-state index contributed by atoms with van der Waals surface area (Å²) in [6.07, 6.45) is 0. The van der Waals surface area contributed by atoms with E-state index in [1.807, 2.05) is 34.6 Å². The Bertz CT molecular complexity index is 1120. The Balaban J connectivity index is 2.35. The Hall–Kier alpha value is -1.74. The molecule has 0 aliphatic heterocycles. The van der Waals surface area contributed by atoms with Gasteiger partial charge >= 0.3 is 0 Å². The molecule has 0 fully saturated rings. The molecular weight excluding hydrogens is 420 g/mol. The first-order valence-electron chi connectivity index (χ1n) is 9.90.